The van der Waals surface area contributed by atoms with Gasteiger partial charge in [0.05, 0.1) is 6.61 Å². The molecule has 0 fully saturated rings. The molecule has 2 aromatic carbocycles. The molecule has 0 saturated carbocycles. The number of carbonyl (C=O) groups excluding carboxylic acids is 2. The molecule has 1 aliphatic heterocycles. The van der Waals surface area contributed by atoms with Crippen molar-refractivity contribution >= 4 is 27.6 Å². The van der Waals surface area contributed by atoms with Gasteiger partial charge in [-0.2, -0.15) is 0 Å². The lowest BCUT2D eigenvalue weighted by Gasteiger charge is -2.34. The number of carbonyl (C=O) groups is 2. The topological polar surface area (TPSA) is 55.4 Å². The number of rotatable bonds is 4. The molecular weight excluding hydrogens is 418 g/mol. The molecular formula is C23H22BrNO3. The van der Waals surface area contributed by atoms with Gasteiger partial charge in [0.15, 0.2) is 5.78 Å². The minimum atomic E-state index is -0.161. The molecule has 2 aromatic rings. The number of hydrogen-bond acceptors (Lipinski definition) is 3. The average molecular weight is 440 g/mol. The van der Waals surface area contributed by atoms with Crippen molar-refractivity contribution in [2.75, 3.05) is 6.61 Å². The van der Waals surface area contributed by atoms with E-state index in [0.29, 0.717) is 25.9 Å². The van der Waals surface area contributed by atoms with Gasteiger partial charge in [-0.05, 0) is 54.7 Å². The maximum absolute atomic E-state index is 13.1. The lowest BCUT2D eigenvalue weighted by atomic mass is 9.73. The predicted octanol–water partition coefficient (Wildman–Crippen LogP) is 4.85. The van der Waals surface area contributed by atoms with Gasteiger partial charge in [0.25, 0.3) is 0 Å². The van der Waals surface area contributed by atoms with Gasteiger partial charge in [-0.3, -0.25) is 9.59 Å². The molecule has 2 unspecified atom stereocenters. The van der Waals surface area contributed by atoms with Crippen molar-refractivity contribution in [2.45, 2.75) is 38.0 Å². The van der Waals surface area contributed by atoms with Gasteiger partial charge in [0, 0.05) is 34.5 Å². The van der Waals surface area contributed by atoms with E-state index in [1.165, 1.54) is 0 Å². The van der Waals surface area contributed by atoms with Gasteiger partial charge in [-0.15, -0.1) is 0 Å². The molecule has 4 rings (SSSR count). The number of allylic oxidation sites excluding steroid dienone is 2. The zero-order valence-electron chi connectivity index (χ0n) is 15.7. The van der Waals surface area contributed by atoms with E-state index < -0.39 is 0 Å². The molecule has 0 saturated heterocycles. The van der Waals surface area contributed by atoms with Crippen LogP contribution in [0.4, 0.5) is 0 Å². The van der Waals surface area contributed by atoms with E-state index in [1.807, 2.05) is 55.5 Å². The first-order valence-corrected chi connectivity index (χ1v) is 10.4. The molecule has 1 amide bonds. The number of Topliss-reactive ketones (excluding diaryl/α,β-unsaturated/α-hetero) is 1. The van der Waals surface area contributed by atoms with Crippen LogP contribution in [0.3, 0.4) is 0 Å². The van der Waals surface area contributed by atoms with Crippen molar-refractivity contribution in [3.8, 4) is 5.75 Å². The maximum atomic E-state index is 13.1. The van der Waals surface area contributed by atoms with Gasteiger partial charge in [0.1, 0.15) is 5.75 Å². The van der Waals surface area contributed by atoms with Crippen LogP contribution in [-0.2, 0) is 9.59 Å². The summed E-state index contributed by atoms with van der Waals surface area (Å²) in [6.07, 6.45) is 1.46. The summed E-state index contributed by atoms with van der Waals surface area (Å²) in [6, 6.07) is 15.8. The Balaban J connectivity index is 1.63. The Bertz CT molecular complexity index is 931. The van der Waals surface area contributed by atoms with E-state index >= 15 is 0 Å². The van der Waals surface area contributed by atoms with E-state index in [4.69, 9.17) is 4.74 Å². The van der Waals surface area contributed by atoms with Gasteiger partial charge < -0.3 is 10.1 Å². The molecule has 4 nitrogen and oxygen atoms in total. The fourth-order valence-electron chi connectivity index (χ4n) is 4.18. The van der Waals surface area contributed by atoms with Crippen LogP contribution in [0.25, 0.3) is 0 Å². The minimum absolute atomic E-state index is 0.0215. The molecule has 0 radical (unpaired) electrons. The highest BCUT2D eigenvalue weighted by atomic mass is 79.9. The van der Waals surface area contributed by atoms with Crippen LogP contribution in [0, 0.1) is 0 Å². The molecule has 2 atom stereocenters. The quantitative estimate of drug-likeness (QED) is 0.740. The minimum Gasteiger partial charge on any atom is -0.494 e. The summed E-state index contributed by atoms with van der Waals surface area (Å²) in [4.78, 5) is 25.4. The average Bonchev–Trinajstić information content (AvgIpc) is 2.68. The Labute approximate surface area is 173 Å². The van der Waals surface area contributed by atoms with Gasteiger partial charge in [0.2, 0.25) is 5.91 Å². The fourth-order valence-corrected chi connectivity index (χ4v) is 4.44. The smallest absolute Gasteiger partial charge is 0.225 e. The summed E-state index contributed by atoms with van der Waals surface area (Å²) in [5, 5.41) is 2.98. The van der Waals surface area contributed by atoms with Crippen molar-refractivity contribution in [2.24, 2.45) is 0 Å². The SMILES string of the molecule is CCOc1ccc(C2CC(=O)C3=C(C2)NC(=O)CC3c2ccc(Br)cc2)cc1. The molecule has 2 aliphatic rings. The second kappa shape index (κ2) is 7.92. The number of benzene rings is 2. The van der Waals surface area contributed by atoms with Gasteiger partial charge >= 0.3 is 0 Å². The third-order valence-corrected chi connectivity index (χ3v) is 6.00. The van der Waals surface area contributed by atoms with Crippen LogP contribution in [-0.4, -0.2) is 18.3 Å². The Kier molecular flexibility index (Phi) is 5.36. The zero-order valence-corrected chi connectivity index (χ0v) is 17.3. The lowest BCUT2D eigenvalue weighted by Crippen LogP contribution is -2.38. The van der Waals surface area contributed by atoms with E-state index in [0.717, 1.165) is 32.6 Å². The highest BCUT2D eigenvalue weighted by Crippen LogP contribution is 2.42. The maximum Gasteiger partial charge on any atom is 0.225 e. The monoisotopic (exact) mass is 439 g/mol. The fraction of sp³-hybridized carbons (Fsp3) is 0.304. The van der Waals surface area contributed by atoms with Gasteiger partial charge in [-0.1, -0.05) is 40.2 Å². The first-order valence-electron chi connectivity index (χ1n) is 9.59. The second-order valence-corrected chi connectivity index (χ2v) is 8.19. The third-order valence-electron chi connectivity index (χ3n) is 5.47. The van der Waals surface area contributed by atoms with Crippen molar-refractivity contribution in [1.29, 1.82) is 0 Å². The van der Waals surface area contributed by atoms with Crippen molar-refractivity contribution in [1.82, 2.24) is 5.32 Å². The van der Waals surface area contributed by atoms with Crippen LogP contribution >= 0.6 is 15.9 Å². The first kappa shape index (κ1) is 18.9. The van der Waals surface area contributed by atoms with Crippen molar-refractivity contribution < 1.29 is 14.3 Å². The van der Waals surface area contributed by atoms with Crippen molar-refractivity contribution in [3.05, 3.63) is 75.4 Å². The number of halogens is 1. The van der Waals surface area contributed by atoms with Crippen LogP contribution in [0.15, 0.2) is 64.3 Å². The lowest BCUT2D eigenvalue weighted by molar-refractivity contribution is -0.122. The molecule has 144 valence electrons. The number of nitrogens with one attached hydrogen (secondary N) is 1. The Hall–Kier alpha value is -2.40. The largest absolute Gasteiger partial charge is 0.494 e. The summed E-state index contributed by atoms with van der Waals surface area (Å²) in [7, 11) is 0. The summed E-state index contributed by atoms with van der Waals surface area (Å²) in [5.74, 6) is 0.853. The van der Waals surface area contributed by atoms with Crippen molar-refractivity contribution in [3.63, 3.8) is 0 Å². The Morgan fingerprint density at radius 1 is 0.964 bits per heavy atom. The summed E-state index contributed by atoms with van der Waals surface area (Å²) in [6.45, 7) is 2.58. The molecule has 5 heteroatoms. The van der Waals surface area contributed by atoms with Crippen LogP contribution in [0.2, 0.25) is 0 Å². The van der Waals surface area contributed by atoms with E-state index in [-0.39, 0.29) is 23.5 Å². The Morgan fingerprint density at radius 2 is 1.64 bits per heavy atom. The normalized spacial score (nSPS) is 21.9. The van der Waals surface area contributed by atoms with Crippen LogP contribution < -0.4 is 10.1 Å². The van der Waals surface area contributed by atoms with E-state index in [2.05, 4.69) is 21.2 Å². The second-order valence-electron chi connectivity index (χ2n) is 7.28. The summed E-state index contributed by atoms with van der Waals surface area (Å²) >= 11 is 3.44. The summed E-state index contributed by atoms with van der Waals surface area (Å²) < 4.78 is 6.49. The van der Waals surface area contributed by atoms with Crippen LogP contribution in [0.5, 0.6) is 5.75 Å². The standard InChI is InChI=1S/C23H22BrNO3/c1-2-28-18-9-5-14(6-10-18)16-11-20-23(21(26)12-16)19(13-22(27)25-20)15-3-7-17(24)8-4-15/h3-10,16,19H,2,11-13H2,1H3,(H,25,27). The number of hydrogen-bond donors (Lipinski definition) is 1. The molecule has 28 heavy (non-hydrogen) atoms. The molecule has 0 spiro atoms. The number of ether oxygens (including phenoxy) is 1. The van der Waals surface area contributed by atoms with Crippen LogP contribution in [0.1, 0.15) is 49.1 Å². The number of ketones is 1. The number of amides is 1. The predicted molar refractivity (Wildman–Crippen MR) is 111 cm³/mol. The van der Waals surface area contributed by atoms with E-state index in [1.54, 1.807) is 0 Å². The molecule has 0 bridgehead atoms. The highest BCUT2D eigenvalue weighted by molar-refractivity contribution is 9.10. The molecule has 1 heterocycles. The zero-order chi connectivity index (χ0) is 19.7. The molecule has 1 aliphatic carbocycles. The molecule has 0 aromatic heterocycles. The van der Waals surface area contributed by atoms with Gasteiger partial charge in [-0.25, -0.2) is 0 Å². The molecule has 1 N–H and O–H groups in total. The Morgan fingerprint density at radius 3 is 2.32 bits per heavy atom. The summed E-state index contributed by atoms with van der Waals surface area (Å²) in [5.41, 5.74) is 3.69. The third kappa shape index (κ3) is 3.76. The highest BCUT2D eigenvalue weighted by Gasteiger charge is 2.38. The first-order chi connectivity index (χ1) is 13.5. The van der Waals surface area contributed by atoms with E-state index in [9.17, 15) is 9.59 Å².